The number of ether oxygens (including phenoxy) is 1. The molecular formula is C13H17NO4. The van der Waals surface area contributed by atoms with E-state index in [0.717, 1.165) is 0 Å². The van der Waals surface area contributed by atoms with Crippen molar-refractivity contribution < 1.29 is 19.7 Å². The van der Waals surface area contributed by atoms with Gasteiger partial charge in [0.25, 0.3) is 5.91 Å². The molecule has 0 bridgehead atoms. The molecule has 1 aliphatic rings. The van der Waals surface area contributed by atoms with Crippen molar-refractivity contribution >= 4 is 5.91 Å². The van der Waals surface area contributed by atoms with Gasteiger partial charge in [-0.2, -0.15) is 0 Å². The molecule has 3 N–H and O–H groups in total. The summed E-state index contributed by atoms with van der Waals surface area (Å²) in [5.74, 6) is -0.104. The predicted molar refractivity (Wildman–Crippen MR) is 65.6 cm³/mol. The highest BCUT2D eigenvalue weighted by Crippen LogP contribution is 2.19. The number of carbonyl (C=O) groups excluding carboxylic acids is 1. The molecule has 0 radical (unpaired) electrons. The number of rotatable bonds is 3. The Labute approximate surface area is 105 Å². The first-order valence-electron chi connectivity index (χ1n) is 5.88. The summed E-state index contributed by atoms with van der Waals surface area (Å²) in [5, 5.41) is 22.1. The molecule has 5 nitrogen and oxygen atoms in total. The minimum atomic E-state index is -0.957. The molecule has 1 aromatic rings. The zero-order valence-electron chi connectivity index (χ0n) is 10.3. The Bertz CT molecular complexity index is 452. The van der Waals surface area contributed by atoms with Crippen molar-refractivity contribution in [3.8, 4) is 5.75 Å². The Hall–Kier alpha value is -1.59. The second-order valence-electron chi connectivity index (χ2n) is 4.71. The molecule has 1 fully saturated rings. The van der Waals surface area contributed by atoms with Crippen molar-refractivity contribution in [2.45, 2.75) is 18.9 Å². The van der Waals surface area contributed by atoms with Crippen LogP contribution in [0.1, 0.15) is 22.3 Å². The maximum Gasteiger partial charge on any atom is 0.251 e. The first kappa shape index (κ1) is 12.9. The van der Waals surface area contributed by atoms with Gasteiger partial charge in [-0.05, 0) is 30.7 Å². The van der Waals surface area contributed by atoms with Crippen LogP contribution in [0, 0.1) is 6.92 Å². The third-order valence-electron chi connectivity index (χ3n) is 3.12. The number of nitrogens with one attached hydrogen (secondary N) is 1. The summed E-state index contributed by atoms with van der Waals surface area (Å²) in [6.45, 7) is 2.67. The maximum atomic E-state index is 11.9. The number of hydrogen-bond donors (Lipinski definition) is 3. The van der Waals surface area contributed by atoms with E-state index < -0.39 is 5.60 Å². The third kappa shape index (κ3) is 2.80. The number of amides is 1. The molecular weight excluding hydrogens is 234 g/mol. The Morgan fingerprint density at radius 3 is 2.94 bits per heavy atom. The van der Waals surface area contributed by atoms with E-state index in [4.69, 9.17) is 4.74 Å². The summed E-state index contributed by atoms with van der Waals surface area (Å²) in [6.07, 6.45) is 0.530. The van der Waals surface area contributed by atoms with Crippen LogP contribution in [-0.4, -0.2) is 41.5 Å². The summed E-state index contributed by atoms with van der Waals surface area (Å²) >= 11 is 0. The third-order valence-corrected chi connectivity index (χ3v) is 3.12. The van der Waals surface area contributed by atoms with E-state index >= 15 is 0 Å². The molecule has 1 atom stereocenters. The highest BCUT2D eigenvalue weighted by molar-refractivity contribution is 5.94. The van der Waals surface area contributed by atoms with Crippen molar-refractivity contribution in [1.29, 1.82) is 0 Å². The van der Waals surface area contributed by atoms with Crippen molar-refractivity contribution in [2.75, 3.05) is 19.8 Å². The first-order chi connectivity index (χ1) is 8.50. The molecule has 0 saturated carbocycles. The number of phenols is 1. The number of aromatic hydroxyl groups is 1. The lowest BCUT2D eigenvalue weighted by Gasteiger charge is -2.20. The van der Waals surface area contributed by atoms with Gasteiger partial charge in [-0.25, -0.2) is 0 Å². The predicted octanol–water partition coefficient (Wildman–Crippen LogP) is 0.582. The van der Waals surface area contributed by atoms with Gasteiger partial charge in [0.05, 0.1) is 6.61 Å². The van der Waals surface area contributed by atoms with Gasteiger partial charge in [0.1, 0.15) is 11.4 Å². The van der Waals surface area contributed by atoms with Gasteiger partial charge in [-0.1, -0.05) is 0 Å². The Morgan fingerprint density at radius 1 is 1.56 bits per heavy atom. The Morgan fingerprint density at radius 2 is 2.33 bits per heavy atom. The molecule has 1 amide bonds. The summed E-state index contributed by atoms with van der Waals surface area (Å²) in [6, 6.07) is 4.64. The van der Waals surface area contributed by atoms with Gasteiger partial charge in [0.15, 0.2) is 0 Å². The van der Waals surface area contributed by atoms with E-state index in [2.05, 4.69) is 5.32 Å². The minimum absolute atomic E-state index is 0.161. The molecule has 98 valence electrons. The zero-order chi connectivity index (χ0) is 13.2. The van der Waals surface area contributed by atoms with Crippen molar-refractivity contribution in [3.05, 3.63) is 29.3 Å². The van der Waals surface area contributed by atoms with Crippen LogP contribution in [0.15, 0.2) is 18.2 Å². The summed E-state index contributed by atoms with van der Waals surface area (Å²) < 4.78 is 5.10. The van der Waals surface area contributed by atoms with Crippen molar-refractivity contribution in [2.24, 2.45) is 0 Å². The summed E-state index contributed by atoms with van der Waals surface area (Å²) in [7, 11) is 0. The molecule has 1 aliphatic heterocycles. The van der Waals surface area contributed by atoms with Gasteiger partial charge >= 0.3 is 0 Å². The van der Waals surface area contributed by atoms with Gasteiger partial charge in [0, 0.05) is 25.1 Å². The summed E-state index contributed by atoms with van der Waals surface area (Å²) in [4.78, 5) is 11.9. The molecule has 1 saturated heterocycles. The Kier molecular flexibility index (Phi) is 3.54. The lowest BCUT2D eigenvalue weighted by atomic mass is 10.0. The number of aryl methyl sites for hydroxylation is 1. The fourth-order valence-corrected chi connectivity index (χ4v) is 1.88. The maximum absolute atomic E-state index is 11.9. The standard InChI is InChI=1S/C13H17NO4/c1-9-6-10(2-3-11(9)15)12(16)14-7-13(17)4-5-18-8-13/h2-3,6,15,17H,4-5,7-8H2,1H3,(H,14,16). The second-order valence-corrected chi connectivity index (χ2v) is 4.71. The van der Waals surface area contributed by atoms with Crippen LogP contribution in [0.3, 0.4) is 0 Å². The lowest BCUT2D eigenvalue weighted by molar-refractivity contribution is 0.0264. The number of phenolic OH excluding ortho intramolecular Hbond substituents is 1. The van der Waals surface area contributed by atoms with Crippen molar-refractivity contribution in [1.82, 2.24) is 5.32 Å². The van der Waals surface area contributed by atoms with Gasteiger partial charge < -0.3 is 20.3 Å². The summed E-state index contributed by atoms with van der Waals surface area (Å²) in [5.41, 5.74) is 0.153. The van der Waals surface area contributed by atoms with E-state index in [1.165, 1.54) is 6.07 Å². The van der Waals surface area contributed by atoms with Gasteiger partial charge in [-0.3, -0.25) is 4.79 Å². The second kappa shape index (κ2) is 4.96. The van der Waals surface area contributed by atoms with Crippen molar-refractivity contribution in [3.63, 3.8) is 0 Å². The van der Waals surface area contributed by atoms with Gasteiger partial charge in [0.2, 0.25) is 0 Å². The minimum Gasteiger partial charge on any atom is -0.508 e. The van der Waals surface area contributed by atoms with Crippen LogP contribution in [-0.2, 0) is 4.74 Å². The smallest absolute Gasteiger partial charge is 0.251 e. The number of aliphatic hydroxyl groups is 1. The average Bonchev–Trinajstić information content (AvgIpc) is 2.77. The molecule has 0 spiro atoms. The van der Waals surface area contributed by atoms with E-state index in [0.29, 0.717) is 24.2 Å². The largest absolute Gasteiger partial charge is 0.508 e. The molecule has 1 unspecified atom stereocenters. The molecule has 0 aromatic heterocycles. The van der Waals surface area contributed by atoms with Crippen LogP contribution in [0.4, 0.5) is 0 Å². The molecule has 5 heteroatoms. The number of benzene rings is 1. The van der Waals surface area contributed by atoms with Gasteiger partial charge in [-0.15, -0.1) is 0 Å². The first-order valence-corrected chi connectivity index (χ1v) is 5.88. The Balaban J connectivity index is 1.97. The van der Waals surface area contributed by atoms with Crippen LogP contribution < -0.4 is 5.32 Å². The topological polar surface area (TPSA) is 78.8 Å². The molecule has 1 aromatic carbocycles. The average molecular weight is 251 g/mol. The molecule has 18 heavy (non-hydrogen) atoms. The highest BCUT2D eigenvalue weighted by Gasteiger charge is 2.32. The van der Waals surface area contributed by atoms with Crippen LogP contribution in [0.25, 0.3) is 0 Å². The SMILES string of the molecule is Cc1cc(C(=O)NCC2(O)CCOC2)ccc1O. The van der Waals surface area contributed by atoms with E-state index in [9.17, 15) is 15.0 Å². The van der Waals surface area contributed by atoms with Crippen LogP contribution in [0.2, 0.25) is 0 Å². The van der Waals surface area contributed by atoms with E-state index in [-0.39, 0.29) is 24.8 Å². The monoisotopic (exact) mass is 251 g/mol. The van der Waals surface area contributed by atoms with E-state index in [1.54, 1.807) is 19.1 Å². The highest BCUT2D eigenvalue weighted by atomic mass is 16.5. The molecule has 0 aliphatic carbocycles. The quantitative estimate of drug-likeness (QED) is 0.734. The fraction of sp³-hybridized carbons (Fsp3) is 0.462. The number of hydrogen-bond acceptors (Lipinski definition) is 4. The molecule has 2 rings (SSSR count). The van der Waals surface area contributed by atoms with Crippen LogP contribution >= 0.6 is 0 Å². The zero-order valence-corrected chi connectivity index (χ0v) is 10.3. The molecule has 1 heterocycles. The fourth-order valence-electron chi connectivity index (χ4n) is 1.88. The van der Waals surface area contributed by atoms with E-state index in [1.807, 2.05) is 0 Å². The lowest BCUT2D eigenvalue weighted by Crippen LogP contribution is -2.43. The normalized spacial score (nSPS) is 23.0. The number of carbonyl (C=O) groups is 1. The van der Waals surface area contributed by atoms with Crippen LogP contribution in [0.5, 0.6) is 5.75 Å².